The van der Waals surface area contributed by atoms with Gasteiger partial charge in [-0.2, -0.15) is 0 Å². The number of benzene rings is 1. The second-order valence-electron chi connectivity index (χ2n) is 8.93. The first-order valence-corrected chi connectivity index (χ1v) is 8.67. The fourth-order valence-corrected chi connectivity index (χ4v) is 3.60. The molecule has 1 aromatic rings. The van der Waals surface area contributed by atoms with E-state index in [-0.39, 0.29) is 16.2 Å². The summed E-state index contributed by atoms with van der Waals surface area (Å²) >= 11 is 0. The van der Waals surface area contributed by atoms with E-state index in [2.05, 4.69) is 74.4 Å². The summed E-state index contributed by atoms with van der Waals surface area (Å²) < 4.78 is 23.9. The van der Waals surface area contributed by atoms with Crippen molar-refractivity contribution in [3.8, 4) is 0 Å². The van der Waals surface area contributed by atoms with Crippen molar-refractivity contribution >= 4 is 10.7 Å². The highest BCUT2D eigenvalue weighted by atomic mass is 32.2. The van der Waals surface area contributed by atoms with Crippen LogP contribution in [0.4, 0.5) is 0 Å². The first-order valence-electron chi connectivity index (χ1n) is 7.49. The molecule has 0 heterocycles. The van der Waals surface area contributed by atoms with Crippen molar-refractivity contribution in [1.29, 1.82) is 0 Å². The molecule has 0 aliphatic heterocycles. The molecular formula is C18H30O2S. The molecule has 2 nitrogen and oxygen atoms in total. The normalized spacial score (nSPS) is 13.8. The standard InChI is InChI=1S/C18H30O2S/c1-16(2,3)12-10-13(17(4,5)6)15(21(19)20)14(11-12)18(7,8)9/h10-11,21H,1-9H3. The fourth-order valence-electron chi connectivity index (χ4n) is 2.41. The maximum Gasteiger partial charge on any atom is 0.168 e. The number of hydrogen-bond acceptors (Lipinski definition) is 2. The van der Waals surface area contributed by atoms with Crippen LogP contribution in [0.15, 0.2) is 17.0 Å². The van der Waals surface area contributed by atoms with Gasteiger partial charge < -0.3 is 0 Å². The van der Waals surface area contributed by atoms with Crippen molar-refractivity contribution in [2.45, 2.75) is 83.5 Å². The summed E-state index contributed by atoms with van der Waals surface area (Å²) in [6, 6.07) is 4.16. The highest BCUT2D eigenvalue weighted by molar-refractivity contribution is 7.72. The van der Waals surface area contributed by atoms with Crippen molar-refractivity contribution in [3.05, 3.63) is 28.8 Å². The van der Waals surface area contributed by atoms with Crippen LogP contribution < -0.4 is 0 Å². The Labute approximate surface area is 131 Å². The van der Waals surface area contributed by atoms with Gasteiger partial charge in [0, 0.05) is 0 Å². The first kappa shape index (κ1) is 18.2. The van der Waals surface area contributed by atoms with Crippen LogP contribution in [0.5, 0.6) is 0 Å². The summed E-state index contributed by atoms with van der Waals surface area (Å²) in [6.45, 7) is 18.9. The van der Waals surface area contributed by atoms with Crippen molar-refractivity contribution in [2.75, 3.05) is 0 Å². The molecule has 0 fully saturated rings. The van der Waals surface area contributed by atoms with Gasteiger partial charge in [0.1, 0.15) is 0 Å². The molecule has 0 unspecified atom stereocenters. The lowest BCUT2D eigenvalue weighted by atomic mass is 9.75. The van der Waals surface area contributed by atoms with Crippen LogP contribution in [-0.2, 0) is 26.9 Å². The van der Waals surface area contributed by atoms with Gasteiger partial charge >= 0.3 is 0 Å². The highest BCUT2D eigenvalue weighted by Crippen LogP contribution is 2.38. The van der Waals surface area contributed by atoms with Crippen molar-refractivity contribution in [2.24, 2.45) is 0 Å². The predicted octanol–water partition coefficient (Wildman–Crippen LogP) is 4.55. The zero-order valence-electron chi connectivity index (χ0n) is 14.9. The molecule has 120 valence electrons. The SMILES string of the molecule is CC(C)(C)c1cc(C(C)(C)C)c([SH](=O)=O)c(C(C)(C)C)c1. The second kappa shape index (κ2) is 5.42. The van der Waals surface area contributed by atoms with E-state index in [1.807, 2.05) is 0 Å². The van der Waals surface area contributed by atoms with Crippen LogP contribution in [0.2, 0.25) is 0 Å². The topological polar surface area (TPSA) is 34.1 Å². The van der Waals surface area contributed by atoms with E-state index in [1.165, 1.54) is 5.56 Å². The van der Waals surface area contributed by atoms with E-state index in [1.54, 1.807) is 0 Å². The monoisotopic (exact) mass is 310 g/mol. The Kier molecular flexibility index (Phi) is 4.70. The minimum absolute atomic E-state index is 0.00689. The van der Waals surface area contributed by atoms with E-state index in [4.69, 9.17) is 0 Å². The third-order valence-corrected chi connectivity index (χ3v) is 4.62. The number of thiol groups is 1. The van der Waals surface area contributed by atoms with Gasteiger partial charge in [0.15, 0.2) is 10.7 Å². The van der Waals surface area contributed by atoms with Gasteiger partial charge in [0.05, 0.1) is 4.90 Å². The largest absolute Gasteiger partial charge is 0.227 e. The molecule has 0 spiro atoms. The van der Waals surface area contributed by atoms with Crippen molar-refractivity contribution in [3.63, 3.8) is 0 Å². The molecule has 0 atom stereocenters. The minimum atomic E-state index is -2.61. The van der Waals surface area contributed by atoms with Gasteiger partial charge in [-0.25, -0.2) is 8.42 Å². The molecule has 0 radical (unpaired) electrons. The van der Waals surface area contributed by atoms with Crippen molar-refractivity contribution in [1.82, 2.24) is 0 Å². The molecule has 1 rings (SSSR count). The fraction of sp³-hybridized carbons (Fsp3) is 0.667. The molecule has 0 N–H and O–H groups in total. The Morgan fingerprint density at radius 3 is 1.19 bits per heavy atom. The Morgan fingerprint density at radius 1 is 0.667 bits per heavy atom. The van der Waals surface area contributed by atoms with Gasteiger partial charge in [-0.05, 0) is 32.9 Å². The summed E-state index contributed by atoms with van der Waals surface area (Å²) in [4.78, 5) is 0.512. The average Bonchev–Trinajstić information content (AvgIpc) is 2.23. The second-order valence-corrected chi connectivity index (χ2v) is 9.89. The molecule has 21 heavy (non-hydrogen) atoms. The molecule has 0 aliphatic rings. The highest BCUT2D eigenvalue weighted by Gasteiger charge is 2.30. The molecule has 0 saturated heterocycles. The average molecular weight is 311 g/mol. The van der Waals surface area contributed by atoms with E-state index >= 15 is 0 Å². The summed E-state index contributed by atoms with van der Waals surface area (Å²) in [5.41, 5.74) is 2.63. The minimum Gasteiger partial charge on any atom is -0.227 e. The molecule has 0 saturated carbocycles. The van der Waals surface area contributed by atoms with Gasteiger partial charge in [0.2, 0.25) is 0 Å². The molecule has 1 aromatic carbocycles. The van der Waals surface area contributed by atoms with E-state index < -0.39 is 10.7 Å². The Bertz CT molecular complexity index is 561. The maximum atomic E-state index is 11.9. The lowest BCUT2D eigenvalue weighted by Gasteiger charge is -2.31. The quantitative estimate of drug-likeness (QED) is 0.772. The van der Waals surface area contributed by atoms with Crippen LogP contribution in [0, 0.1) is 0 Å². The smallest absolute Gasteiger partial charge is 0.168 e. The lowest BCUT2D eigenvalue weighted by Crippen LogP contribution is -2.23. The van der Waals surface area contributed by atoms with E-state index in [9.17, 15) is 8.42 Å². The summed E-state index contributed by atoms with van der Waals surface area (Å²) in [6.07, 6.45) is 0. The molecule has 0 amide bonds. The van der Waals surface area contributed by atoms with Crippen LogP contribution in [-0.4, -0.2) is 8.42 Å². The third kappa shape index (κ3) is 4.09. The van der Waals surface area contributed by atoms with Gasteiger partial charge in [-0.1, -0.05) is 74.4 Å². The Balaban J connectivity index is 3.94. The van der Waals surface area contributed by atoms with Crippen molar-refractivity contribution < 1.29 is 8.42 Å². The molecule has 3 heteroatoms. The Morgan fingerprint density at radius 2 is 1.00 bits per heavy atom. The third-order valence-electron chi connectivity index (χ3n) is 3.77. The summed E-state index contributed by atoms with van der Waals surface area (Å²) in [5.74, 6) is 0. The molecule has 0 aromatic heterocycles. The van der Waals surface area contributed by atoms with Gasteiger partial charge in [0.25, 0.3) is 0 Å². The number of hydrogen-bond donors (Lipinski definition) is 1. The summed E-state index contributed by atoms with van der Waals surface area (Å²) in [7, 11) is -2.61. The number of rotatable bonds is 1. The van der Waals surface area contributed by atoms with Gasteiger partial charge in [-0.3, -0.25) is 0 Å². The van der Waals surface area contributed by atoms with Crippen LogP contribution >= 0.6 is 0 Å². The van der Waals surface area contributed by atoms with E-state index in [0.717, 1.165) is 11.1 Å². The van der Waals surface area contributed by atoms with Gasteiger partial charge in [-0.15, -0.1) is 0 Å². The molecule has 0 aliphatic carbocycles. The van der Waals surface area contributed by atoms with Crippen LogP contribution in [0.1, 0.15) is 79.0 Å². The van der Waals surface area contributed by atoms with Crippen LogP contribution in [0.25, 0.3) is 0 Å². The predicted molar refractivity (Wildman–Crippen MR) is 91.1 cm³/mol. The first-order chi connectivity index (χ1) is 9.15. The molecular weight excluding hydrogens is 280 g/mol. The Hall–Kier alpha value is -0.830. The molecule has 0 bridgehead atoms. The maximum absolute atomic E-state index is 11.9. The summed E-state index contributed by atoms with van der Waals surface area (Å²) in [5, 5.41) is 0. The lowest BCUT2D eigenvalue weighted by molar-refractivity contribution is 0.523. The van der Waals surface area contributed by atoms with E-state index in [0.29, 0.717) is 4.90 Å². The van der Waals surface area contributed by atoms with Crippen LogP contribution in [0.3, 0.4) is 0 Å². The zero-order chi connectivity index (χ0) is 16.8. The zero-order valence-corrected chi connectivity index (χ0v) is 15.8.